The Morgan fingerprint density at radius 3 is 1.37 bits per heavy atom. The second-order valence-electron chi connectivity index (χ2n) is 20.3. The Balaban J connectivity index is 0.938. The van der Waals surface area contributed by atoms with Gasteiger partial charge in [-0.15, -0.1) is 0 Å². The normalized spacial score (nSPS) is 12.8. The van der Waals surface area contributed by atoms with Gasteiger partial charge in [0, 0.05) is 66.1 Å². The molecular weight excluding hydrogens is 913 g/mol. The second kappa shape index (κ2) is 16.7. The number of hydrogen-bond acceptors (Lipinski definition) is 4. The maximum atomic E-state index is 7.20. The monoisotopic (exact) mass is 960 g/mol. The van der Waals surface area contributed by atoms with E-state index in [-0.39, 0.29) is 5.41 Å². The highest BCUT2D eigenvalue weighted by Gasteiger charge is 2.41. The minimum Gasteiger partial charge on any atom is -0.453 e. The Morgan fingerprint density at radius 1 is 0.320 bits per heavy atom. The number of anilines is 6. The molecule has 2 heterocycles. The number of para-hydroxylation sites is 6. The number of benzene rings is 12. The van der Waals surface area contributed by atoms with Crippen LogP contribution in [0.4, 0.5) is 34.1 Å². The molecule has 0 fully saturated rings. The first-order chi connectivity index (χ1) is 37.0. The van der Waals surface area contributed by atoms with Crippen LogP contribution in [-0.2, 0) is 5.41 Å². The number of hydrogen-bond donors (Lipinski definition) is 0. The first kappa shape index (κ1) is 43.0. The summed E-state index contributed by atoms with van der Waals surface area (Å²) < 4.78 is 14.2. The average molecular weight is 961 g/mol. The Morgan fingerprint density at radius 2 is 0.787 bits per heavy atom. The fourth-order valence-corrected chi connectivity index (χ4v) is 12.4. The maximum Gasteiger partial charge on any atom is 0.159 e. The van der Waals surface area contributed by atoms with Gasteiger partial charge in [-0.1, -0.05) is 214 Å². The zero-order valence-corrected chi connectivity index (χ0v) is 41.5. The fourth-order valence-electron chi connectivity index (χ4n) is 12.4. The van der Waals surface area contributed by atoms with Crippen LogP contribution in [0, 0.1) is 0 Å². The quantitative estimate of drug-likeness (QED) is 0.152. The van der Waals surface area contributed by atoms with Gasteiger partial charge in [-0.05, 0) is 98.6 Å². The molecule has 354 valence electrons. The van der Waals surface area contributed by atoms with Gasteiger partial charge in [-0.3, -0.25) is 0 Å². The van der Waals surface area contributed by atoms with Gasteiger partial charge >= 0.3 is 0 Å². The molecule has 15 rings (SSSR count). The van der Waals surface area contributed by atoms with Crippen LogP contribution < -0.4 is 9.80 Å². The number of furan rings is 2. The molecule has 0 saturated carbocycles. The third-order valence-corrected chi connectivity index (χ3v) is 15.8. The van der Waals surface area contributed by atoms with Gasteiger partial charge in [0.1, 0.15) is 11.2 Å². The molecule has 0 bridgehead atoms. The summed E-state index contributed by atoms with van der Waals surface area (Å²) in [6.45, 7) is 4.81. The summed E-state index contributed by atoms with van der Waals surface area (Å²) in [5.41, 5.74) is 18.9. The minimum absolute atomic E-state index is 0.363. The van der Waals surface area contributed by atoms with E-state index in [1.807, 2.05) is 0 Å². The minimum atomic E-state index is -0.363. The van der Waals surface area contributed by atoms with Gasteiger partial charge in [-0.2, -0.15) is 0 Å². The zero-order chi connectivity index (χ0) is 49.8. The van der Waals surface area contributed by atoms with Crippen molar-refractivity contribution < 1.29 is 8.83 Å². The van der Waals surface area contributed by atoms with Gasteiger partial charge in [0.05, 0.1) is 17.1 Å². The van der Waals surface area contributed by atoms with Crippen molar-refractivity contribution in [3.05, 3.63) is 266 Å². The summed E-state index contributed by atoms with van der Waals surface area (Å²) in [5.74, 6) is 0. The van der Waals surface area contributed by atoms with E-state index in [2.05, 4.69) is 278 Å². The van der Waals surface area contributed by atoms with Crippen molar-refractivity contribution >= 4 is 99.5 Å². The molecule has 0 atom stereocenters. The first-order valence-corrected chi connectivity index (χ1v) is 25.8. The number of fused-ring (bicyclic) bond motifs is 12. The highest BCUT2D eigenvalue weighted by molar-refractivity contribution is 6.18. The molecule has 0 unspecified atom stereocenters. The molecule has 0 spiro atoms. The van der Waals surface area contributed by atoms with Gasteiger partial charge in [0.25, 0.3) is 0 Å². The molecule has 0 saturated heterocycles. The summed E-state index contributed by atoms with van der Waals surface area (Å²) in [6.07, 6.45) is 0. The van der Waals surface area contributed by atoms with Crippen LogP contribution in [0.25, 0.3) is 98.8 Å². The molecular formula is C71H48N2O2. The van der Waals surface area contributed by atoms with Crippen molar-refractivity contribution in [1.82, 2.24) is 0 Å². The lowest BCUT2D eigenvalue weighted by molar-refractivity contribution is 0.667. The van der Waals surface area contributed by atoms with Crippen LogP contribution in [0.2, 0.25) is 0 Å². The van der Waals surface area contributed by atoms with Gasteiger partial charge in [0.2, 0.25) is 0 Å². The van der Waals surface area contributed by atoms with E-state index in [0.29, 0.717) is 0 Å². The third-order valence-electron chi connectivity index (χ3n) is 15.8. The van der Waals surface area contributed by atoms with Crippen molar-refractivity contribution in [3.8, 4) is 33.4 Å². The second-order valence-corrected chi connectivity index (χ2v) is 20.3. The molecule has 75 heavy (non-hydrogen) atoms. The van der Waals surface area contributed by atoms with Gasteiger partial charge < -0.3 is 18.6 Å². The summed E-state index contributed by atoms with van der Waals surface area (Å²) in [7, 11) is 0. The molecule has 0 amide bonds. The fraction of sp³-hybridized carbons (Fsp3) is 0.0423. The van der Waals surface area contributed by atoms with Crippen LogP contribution in [0.5, 0.6) is 0 Å². The molecule has 1 aliphatic carbocycles. The highest BCUT2D eigenvalue weighted by Crippen LogP contribution is 2.59. The topological polar surface area (TPSA) is 32.8 Å². The number of nitrogens with zero attached hydrogens (tertiary/aromatic N) is 2. The molecule has 1 aliphatic rings. The van der Waals surface area contributed by atoms with Crippen molar-refractivity contribution in [2.75, 3.05) is 9.80 Å². The van der Waals surface area contributed by atoms with Crippen LogP contribution >= 0.6 is 0 Å². The largest absolute Gasteiger partial charge is 0.453 e. The van der Waals surface area contributed by atoms with Crippen LogP contribution in [0.1, 0.15) is 25.0 Å². The maximum absolute atomic E-state index is 7.20. The molecule has 14 aromatic rings. The summed E-state index contributed by atoms with van der Waals surface area (Å²) >= 11 is 0. The third kappa shape index (κ3) is 6.56. The molecule has 2 aromatic heterocycles. The van der Waals surface area contributed by atoms with E-state index < -0.39 is 0 Å². The molecule has 12 aromatic carbocycles. The van der Waals surface area contributed by atoms with Crippen molar-refractivity contribution in [2.24, 2.45) is 0 Å². The standard InChI is InChI=1S/C71H48N2O2/c1-71(2)61-44-47-25-15-16-30-53(47)66(73(50-28-13-6-14-29-50)63-38-20-36-59-57-34-18-32-55(68(57)75-70(59)63)46-23-9-4-10-24-46)64(61)60-41-39-48-43-51(40-42-52(48)65(60)71)72(49-26-11-5-12-27-49)62-37-19-35-58-56-33-17-31-54(67(56)74-69(58)62)45-21-7-3-8-22-45/h3-44H,1-2H3. The zero-order valence-electron chi connectivity index (χ0n) is 41.5. The Labute approximate surface area is 434 Å². The molecule has 4 heteroatoms. The Hall–Kier alpha value is -9.64. The lowest BCUT2D eigenvalue weighted by atomic mass is 9.79. The Kier molecular flexibility index (Phi) is 9.58. The predicted molar refractivity (Wildman–Crippen MR) is 314 cm³/mol. The van der Waals surface area contributed by atoms with E-state index in [0.717, 1.165) is 100 Å². The predicted octanol–water partition coefficient (Wildman–Crippen LogP) is 20.4. The smallest absolute Gasteiger partial charge is 0.159 e. The average Bonchev–Trinajstić information content (AvgIpc) is 4.18. The van der Waals surface area contributed by atoms with Gasteiger partial charge in [0.15, 0.2) is 11.2 Å². The van der Waals surface area contributed by atoms with Crippen LogP contribution in [0.15, 0.2) is 264 Å². The highest BCUT2D eigenvalue weighted by atomic mass is 16.3. The lowest BCUT2D eigenvalue weighted by Gasteiger charge is -2.30. The van der Waals surface area contributed by atoms with E-state index >= 15 is 0 Å². The Bertz CT molecular complexity index is 4560. The summed E-state index contributed by atoms with van der Waals surface area (Å²) in [4.78, 5) is 4.81. The SMILES string of the molecule is CC1(C)c2cc3ccccc3c(N(c3ccccc3)c3cccc4c3oc3c(-c5ccccc5)cccc34)c2-c2ccc3cc(N(c4ccccc4)c4cccc5c4oc4c(-c6ccccc6)cccc45)ccc3c21. The van der Waals surface area contributed by atoms with Crippen molar-refractivity contribution in [1.29, 1.82) is 0 Å². The summed E-state index contributed by atoms with van der Waals surface area (Å²) in [6, 6.07) is 91.7. The molecule has 0 N–H and O–H groups in total. The van der Waals surface area contributed by atoms with E-state index in [9.17, 15) is 0 Å². The molecule has 0 radical (unpaired) electrons. The molecule has 0 aliphatic heterocycles. The number of rotatable bonds is 8. The van der Waals surface area contributed by atoms with Crippen molar-refractivity contribution in [2.45, 2.75) is 19.3 Å². The molecule has 4 nitrogen and oxygen atoms in total. The van der Waals surface area contributed by atoms with Gasteiger partial charge in [-0.25, -0.2) is 0 Å². The first-order valence-electron chi connectivity index (χ1n) is 25.8. The van der Waals surface area contributed by atoms with Crippen LogP contribution in [0.3, 0.4) is 0 Å². The summed E-state index contributed by atoms with van der Waals surface area (Å²) in [5, 5.41) is 9.13. The van der Waals surface area contributed by atoms with E-state index in [1.165, 1.54) is 43.8 Å². The van der Waals surface area contributed by atoms with Crippen LogP contribution in [-0.4, -0.2) is 0 Å². The van der Waals surface area contributed by atoms with E-state index in [1.54, 1.807) is 0 Å². The van der Waals surface area contributed by atoms with Crippen molar-refractivity contribution in [3.63, 3.8) is 0 Å². The van der Waals surface area contributed by atoms with E-state index in [4.69, 9.17) is 8.83 Å². The lowest BCUT2D eigenvalue weighted by Crippen LogP contribution is -2.17.